The fourth-order valence-corrected chi connectivity index (χ4v) is 3.93. The van der Waals surface area contributed by atoms with E-state index < -0.39 is 11.3 Å². The van der Waals surface area contributed by atoms with Crippen molar-refractivity contribution in [2.24, 2.45) is 0 Å². The molecule has 4 rings (SSSR count). The van der Waals surface area contributed by atoms with Crippen LogP contribution in [0.2, 0.25) is 5.02 Å². The number of carbonyl (C=O) groups excluding carboxylic acids is 1. The van der Waals surface area contributed by atoms with Gasteiger partial charge in [-0.15, -0.1) is 11.3 Å². The Hall–Kier alpha value is -3.29. The summed E-state index contributed by atoms with van der Waals surface area (Å²) in [5.74, 6) is -0.539. The Balaban J connectivity index is 1.85. The second kappa shape index (κ2) is 8.22. The van der Waals surface area contributed by atoms with Gasteiger partial charge in [0, 0.05) is 22.2 Å². The normalized spacial score (nSPS) is 10.8. The fraction of sp³-hybridized carbons (Fsp3) is 0.0909. The quantitative estimate of drug-likeness (QED) is 0.454. The van der Waals surface area contributed by atoms with E-state index in [1.54, 1.807) is 48.0 Å². The Bertz CT molecular complexity index is 1270. The number of hydrogen-bond donors (Lipinski definition) is 0. The molecule has 0 N–H and O–H groups in total. The molecule has 2 heterocycles. The minimum Gasteiger partial charge on any atom is -0.287 e. The molecule has 0 aliphatic rings. The number of halogens is 1. The van der Waals surface area contributed by atoms with E-state index in [4.69, 9.17) is 11.6 Å². The molecule has 2 aromatic heterocycles. The number of anilines is 2. The molecule has 0 aliphatic heterocycles. The van der Waals surface area contributed by atoms with Gasteiger partial charge in [-0.05, 0) is 50.2 Å². The zero-order valence-corrected chi connectivity index (χ0v) is 17.8. The first-order valence-corrected chi connectivity index (χ1v) is 10.4. The summed E-state index contributed by atoms with van der Waals surface area (Å²) in [6.45, 7) is 3.61. The van der Waals surface area contributed by atoms with Gasteiger partial charge in [0.25, 0.3) is 5.91 Å². The number of para-hydroxylation sites is 1. The van der Waals surface area contributed by atoms with Gasteiger partial charge in [-0.25, -0.2) is 9.67 Å². The Morgan fingerprint density at radius 1 is 1.07 bits per heavy atom. The van der Waals surface area contributed by atoms with E-state index in [0.29, 0.717) is 27.2 Å². The average Bonchev–Trinajstić information content (AvgIpc) is 3.15. The van der Waals surface area contributed by atoms with Gasteiger partial charge in [-0.1, -0.05) is 29.8 Å². The van der Waals surface area contributed by atoms with E-state index in [1.807, 2.05) is 30.5 Å². The SMILES string of the molecule is Cc1csc(N(C(=O)c2nn(-c3ccc(Cl)cc3)c(C)cc2=O)c2ccccc2)n1. The molecule has 2 aromatic carbocycles. The molecular weight excluding hydrogens is 420 g/mol. The molecule has 0 unspecified atom stereocenters. The van der Waals surface area contributed by atoms with Crippen LogP contribution < -0.4 is 10.3 Å². The molecule has 0 saturated carbocycles. The topological polar surface area (TPSA) is 68.1 Å². The van der Waals surface area contributed by atoms with Crippen LogP contribution in [0, 0.1) is 13.8 Å². The summed E-state index contributed by atoms with van der Waals surface area (Å²) in [5, 5.41) is 7.31. The largest absolute Gasteiger partial charge is 0.289 e. The maximum absolute atomic E-state index is 13.5. The highest BCUT2D eigenvalue weighted by molar-refractivity contribution is 7.14. The van der Waals surface area contributed by atoms with Crippen molar-refractivity contribution >= 4 is 39.7 Å². The molecule has 0 bridgehead atoms. The van der Waals surface area contributed by atoms with Crippen molar-refractivity contribution in [3.8, 4) is 5.69 Å². The molecule has 30 heavy (non-hydrogen) atoms. The summed E-state index contributed by atoms with van der Waals surface area (Å²) in [6, 6.07) is 17.5. The molecule has 0 saturated heterocycles. The van der Waals surface area contributed by atoms with Crippen LogP contribution >= 0.6 is 22.9 Å². The third-order valence-electron chi connectivity index (χ3n) is 4.40. The van der Waals surface area contributed by atoms with Gasteiger partial charge in [0.2, 0.25) is 5.43 Å². The Labute approximate surface area is 182 Å². The maximum Gasteiger partial charge on any atom is 0.289 e. The Morgan fingerprint density at radius 3 is 2.40 bits per heavy atom. The molecule has 0 aliphatic carbocycles. The molecule has 0 fully saturated rings. The number of rotatable bonds is 4. The molecule has 6 nitrogen and oxygen atoms in total. The van der Waals surface area contributed by atoms with Gasteiger partial charge in [0.1, 0.15) is 0 Å². The van der Waals surface area contributed by atoms with Crippen LogP contribution in [0.4, 0.5) is 10.8 Å². The van der Waals surface area contributed by atoms with Crippen molar-refractivity contribution in [2.75, 3.05) is 4.90 Å². The van der Waals surface area contributed by atoms with Crippen molar-refractivity contribution in [3.63, 3.8) is 0 Å². The van der Waals surface area contributed by atoms with Crippen LogP contribution in [0.5, 0.6) is 0 Å². The molecule has 4 aromatic rings. The minimum atomic E-state index is -0.539. The molecule has 0 radical (unpaired) electrons. The van der Waals surface area contributed by atoms with Crippen LogP contribution in [-0.2, 0) is 0 Å². The van der Waals surface area contributed by atoms with E-state index in [2.05, 4.69) is 10.1 Å². The van der Waals surface area contributed by atoms with Crippen molar-refractivity contribution in [3.05, 3.63) is 98.4 Å². The van der Waals surface area contributed by atoms with Crippen molar-refractivity contribution in [2.45, 2.75) is 13.8 Å². The monoisotopic (exact) mass is 436 g/mol. The van der Waals surface area contributed by atoms with E-state index in [0.717, 1.165) is 5.69 Å². The summed E-state index contributed by atoms with van der Waals surface area (Å²) in [5.41, 5.74) is 2.07. The standard InChI is InChI=1S/C22H17ClN4O2S/c1-14-13-30-22(24-14)26(17-6-4-3-5-7-17)21(29)20-19(28)12-15(2)27(25-20)18-10-8-16(23)9-11-18/h3-13H,1-2H3. The zero-order valence-electron chi connectivity index (χ0n) is 16.2. The highest BCUT2D eigenvalue weighted by Gasteiger charge is 2.26. The molecule has 1 amide bonds. The van der Waals surface area contributed by atoms with E-state index >= 15 is 0 Å². The number of thiazole rings is 1. The second-order valence-electron chi connectivity index (χ2n) is 6.63. The molecule has 0 atom stereocenters. The highest BCUT2D eigenvalue weighted by atomic mass is 35.5. The van der Waals surface area contributed by atoms with Gasteiger partial charge >= 0.3 is 0 Å². The average molecular weight is 437 g/mol. The molecular formula is C22H17ClN4O2S. The third-order valence-corrected chi connectivity index (χ3v) is 5.59. The lowest BCUT2D eigenvalue weighted by Gasteiger charge is -2.20. The predicted octanol–water partition coefficient (Wildman–Crippen LogP) is 4.94. The number of benzene rings is 2. The maximum atomic E-state index is 13.5. The van der Waals surface area contributed by atoms with Crippen LogP contribution in [0.1, 0.15) is 21.9 Å². The smallest absolute Gasteiger partial charge is 0.287 e. The van der Waals surface area contributed by atoms with Crippen LogP contribution in [0.25, 0.3) is 5.69 Å². The van der Waals surface area contributed by atoms with E-state index in [-0.39, 0.29) is 5.69 Å². The lowest BCUT2D eigenvalue weighted by Crippen LogP contribution is -2.33. The first-order chi connectivity index (χ1) is 14.4. The summed E-state index contributed by atoms with van der Waals surface area (Å²) >= 11 is 7.31. The predicted molar refractivity (Wildman–Crippen MR) is 119 cm³/mol. The van der Waals surface area contributed by atoms with Crippen molar-refractivity contribution in [1.82, 2.24) is 14.8 Å². The number of amides is 1. The van der Waals surface area contributed by atoms with Crippen molar-refractivity contribution in [1.29, 1.82) is 0 Å². The molecule has 8 heteroatoms. The van der Waals surface area contributed by atoms with Crippen molar-refractivity contribution < 1.29 is 4.79 Å². The van der Waals surface area contributed by atoms with Crippen LogP contribution in [0.3, 0.4) is 0 Å². The number of hydrogen-bond acceptors (Lipinski definition) is 5. The molecule has 0 spiro atoms. The summed E-state index contributed by atoms with van der Waals surface area (Å²) in [6.07, 6.45) is 0. The third kappa shape index (κ3) is 3.90. The summed E-state index contributed by atoms with van der Waals surface area (Å²) in [4.78, 5) is 32.1. The van der Waals surface area contributed by atoms with Gasteiger partial charge in [-0.2, -0.15) is 5.10 Å². The second-order valence-corrected chi connectivity index (χ2v) is 7.91. The summed E-state index contributed by atoms with van der Waals surface area (Å²) in [7, 11) is 0. The zero-order chi connectivity index (χ0) is 21.3. The van der Waals surface area contributed by atoms with Gasteiger partial charge < -0.3 is 0 Å². The highest BCUT2D eigenvalue weighted by Crippen LogP contribution is 2.29. The first-order valence-electron chi connectivity index (χ1n) is 9.12. The number of aryl methyl sites for hydroxylation is 2. The molecule has 150 valence electrons. The van der Waals surface area contributed by atoms with E-state index in [9.17, 15) is 9.59 Å². The number of nitrogens with zero attached hydrogens (tertiary/aromatic N) is 4. The summed E-state index contributed by atoms with van der Waals surface area (Å²) < 4.78 is 1.56. The fourth-order valence-electron chi connectivity index (χ4n) is 2.98. The van der Waals surface area contributed by atoms with Gasteiger partial charge in [0.05, 0.1) is 17.1 Å². The number of carbonyl (C=O) groups is 1. The van der Waals surface area contributed by atoms with Gasteiger partial charge in [0.15, 0.2) is 10.8 Å². The number of aromatic nitrogens is 3. The Morgan fingerprint density at radius 2 is 1.77 bits per heavy atom. The van der Waals surface area contributed by atoms with Crippen LogP contribution in [-0.4, -0.2) is 20.7 Å². The minimum absolute atomic E-state index is 0.188. The lowest BCUT2D eigenvalue weighted by atomic mass is 10.2. The van der Waals surface area contributed by atoms with E-state index in [1.165, 1.54) is 22.3 Å². The Kier molecular flexibility index (Phi) is 5.48. The first kappa shape index (κ1) is 20.0. The van der Waals surface area contributed by atoms with Crippen LogP contribution in [0.15, 0.2) is 70.8 Å². The lowest BCUT2D eigenvalue weighted by molar-refractivity contribution is 0.0991. The van der Waals surface area contributed by atoms with Gasteiger partial charge in [-0.3, -0.25) is 14.5 Å².